The van der Waals surface area contributed by atoms with E-state index in [0.29, 0.717) is 5.56 Å². The zero-order valence-electron chi connectivity index (χ0n) is 8.42. The van der Waals surface area contributed by atoms with E-state index < -0.39 is 6.04 Å². The molecule has 0 aliphatic heterocycles. The maximum atomic E-state index is 10.2. The lowest BCUT2D eigenvalue weighted by molar-refractivity contribution is 0.561. The molecule has 0 aromatic heterocycles. The van der Waals surface area contributed by atoms with Gasteiger partial charge in [0, 0.05) is 0 Å². The van der Waals surface area contributed by atoms with Crippen LogP contribution in [0.15, 0.2) is 47.5 Å². The number of hydrogen-bond acceptors (Lipinski definition) is 3. The lowest BCUT2D eigenvalue weighted by atomic mass is 10.0. The molecule has 76 valence electrons. The molecule has 0 spiro atoms. The molecule has 0 saturated carbocycles. The van der Waals surface area contributed by atoms with Crippen molar-refractivity contribution in [2.24, 2.45) is 4.99 Å². The second kappa shape index (κ2) is 4.39. The van der Waals surface area contributed by atoms with Gasteiger partial charge >= 0.3 is 0 Å². The lowest BCUT2D eigenvalue weighted by Gasteiger charge is -2.03. The molecule has 16 heavy (non-hydrogen) atoms. The van der Waals surface area contributed by atoms with Crippen LogP contribution < -0.4 is 0 Å². The van der Waals surface area contributed by atoms with Gasteiger partial charge in [-0.3, -0.25) is 0 Å². The second-order valence-corrected chi connectivity index (χ2v) is 3.36. The highest BCUT2D eigenvalue weighted by atomic mass is 16.1. The maximum absolute atomic E-state index is 10.2. The quantitative estimate of drug-likeness (QED) is 0.562. The first-order chi connectivity index (χ1) is 7.85. The van der Waals surface area contributed by atoms with E-state index in [4.69, 9.17) is 5.26 Å². The van der Waals surface area contributed by atoms with Crippen molar-refractivity contribution in [3.8, 4) is 6.07 Å². The number of benzene rings is 2. The Kier molecular flexibility index (Phi) is 2.77. The van der Waals surface area contributed by atoms with Gasteiger partial charge in [-0.05, 0) is 22.4 Å². The minimum atomic E-state index is -0.762. The number of rotatable bonds is 2. The van der Waals surface area contributed by atoms with Gasteiger partial charge < -0.3 is 0 Å². The summed E-state index contributed by atoms with van der Waals surface area (Å²) in [5, 5.41) is 11.0. The molecule has 3 nitrogen and oxygen atoms in total. The van der Waals surface area contributed by atoms with Gasteiger partial charge in [0.05, 0.1) is 6.07 Å². The topological polar surface area (TPSA) is 53.2 Å². The zero-order valence-corrected chi connectivity index (χ0v) is 8.42. The predicted molar refractivity (Wildman–Crippen MR) is 60.4 cm³/mol. The molecule has 1 unspecified atom stereocenters. The van der Waals surface area contributed by atoms with E-state index >= 15 is 0 Å². The van der Waals surface area contributed by atoms with Crippen molar-refractivity contribution < 1.29 is 4.79 Å². The van der Waals surface area contributed by atoms with E-state index in [9.17, 15) is 4.79 Å². The normalized spacial score (nSPS) is 11.4. The van der Waals surface area contributed by atoms with Crippen LogP contribution in [0.25, 0.3) is 10.8 Å². The van der Waals surface area contributed by atoms with Crippen molar-refractivity contribution in [3.63, 3.8) is 0 Å². The Labute approximate surface area is 92.7 Å². The van der Waals surface area contributed by atoms with E-state index in [1.165, 1.54) is 6.08 Å². The Balaban J connectivity index is 2.54. The minimum Gasteiger partial charge on any atom is -0.211 e. The van der Waals surface area contributed by atoms with Crippen LogP contribution in [0.3, 0.4) is 0 Å². The molecule has 0 fully saturated rings. The van der Waals surface area contributed by atoms with Crippen molar-refractivity contribution >= 4 is 16.9 Å². The van der Waals surface area contributed by atoms with Crippen LogP contribution in [0, 0.1) is 11.3 Å². The molecule has 2 aromatic carbocycles. The van der Waals surface area contributed by atoms with E-state index in [-0.39, 0.29) is 0 Å². The molecule has 0 N–H and O–H groups in total. The van der Waals surface area contributed by atoms with Gasteiger partial charge in [0.2, 0.25) is 6.08 Å². The summed E-state index contributed by atoms with van der Waals surface area (Å²) in [7, 11) is 0. The Morgan fingerprint density at radius 1 is 1.12 bits per heavy atom. The summed E-state index contributed by atoms with van der Waals surface area (Å²) >= 11 is 0. The summed E-state index contributed by atoms with van der Waals surface area (Å²) in [6.45, 7) is 0. The molecule has 0 bridgehead atoms. The Morgan fingerprint density at radius 2 is 1.88 bits per heavy atom. The highest BCUT2D eigenvalue weighted by Gasteiger charge is 2.08. The summed E-state index contributed by atoms with van der Waals surface area (Å²) in [5.74, 6) is 0. The van der Waals surface area contributed by atoms with Crippen LogP contribution in [0.2, 0.25) is 0 Å². The van der Waals surface area contributed by atoms with Crippen LogP contribution in [0.5, 0.6) is 0 Å². The molecule has 2 aromatic rings. The van der Waals surface area contributed by atoms with Gasteiger partial charge in [0.25, 0.3) is 0 Å². The van der Waals surface area contributed by atoms with Crippen molar-refractivity contribution in [2.75, 3.05) is 0 Å². The van der Waals surface area contributed by atoms with Crippen LogP contribution >= 0.6 is 0 Å². The summed E-state index contributed by atoms with van der Waals surface area (Å²) in [4.78, 5) is 13.6. The SMILES string of the molecule is N#CC(N=C=O)c1ccc2ccccc2c1. The Bertz CT molecular complexity index is 607. The zero-order chi connectivity index (χ0) is 11.4. The molecule has 0 aliphatic carbocycles. The molecule has 0 saturated heterocycles. The molecule has 0 amide bonds. The number of hydrogen-bond donors (Lipinski definition) is 0. The van der Waals surface area contributed by atoms with E-state index in [1.54, 1.807) is 6.07 Å². The minimum absolute atomic E-state index is 0.713. The van der Waals surface area contributed by atoms with Gasteiger partial charge in [-0.25, -0.2) is 4.79 Å². The first-order valence-corrected chi connectivity index (χ1v) is 4.80. The van der Waals surface area contributed by atoms with Crippen molar-refractivity contribution in [2.45, 2.75) is 6.04 Å². The maximum Gasteiger partial charge on any atom is 0.236 e. The number of nitriles is 1. The second-order valence-electron chi connectivity index (χ2n) is 3.36. The highest BCUT2D eigenvalue weighted by molar-refractivity contribution is 5.83. The van der Waals surface area contributed by atoms with Gasteiger partial charge in [-0.15, -0.1) is 0 Å². The summed E-state index contributed by atoms with van der Waals surface area (Å²) in [6, 6.07) is 14.6. The average molecular weight is 208 g/mol. The fraction of sp³-hybridized carbons (Fsp3) is 0.0769. The highest BCUT2D eigenvalue weighted by Crippen LogP contribution is 2.21. The molecular weight excluding hydrogens is 200 g/mol. The molecule has 2 rings (SSSR count). The predicted octanol–water partition coefficient (Wildman–Crippen LogP) is 2.74. The first kappa shape index (κ1) is 10.1. The van der Waals surface area contributed by atoms with Gasteiger partial charge in [-0.1, -0.05) is 36.4 Å². The molecule has 3 heteroatoms. The number of isocyanates is 1. The molecular formula is C13H8N2O. The van der Waals surface area contributed by atoms with Gasteiger partial charge in [0.1, 0.15) is 0 Å². The van der Waals surface area contributed by atoms with Crippen molar-refractivity contribution in [3.05, 3.63) is 48.0 Å². The van der Waals surface area contributed by atoms with E-state index in [0.717, 1.165) is 10.8 Å². The van der Waals surface area contributed by atoms with Crippen LogP contribution in [0.1, 0.15) is 11.6 Å². The number of fused-ring (bicyclic) bond motifs is 1. The Morgan fingerprint density at radius 3 is 2.56 bits per heavy atom. The fourth-order valence-electron chi connectivity index (χ4n) is 1.61. The number of aliphatic imine (C=N–C) groups is 1. The third-order valence-corrected chi connectivity index (χ3v) is 2.39. The van der Waals surface area contributed by atoms with Gasteiger partial charge in [0.15, 0.2) is 6.04 Å². The van der Waals surface area contributed by atoms with E-state index in [2.05, 4.69) is 4.99 Å². The third-order valence-electron chi connectivity index (χ3n) is 2.39. The summed E-state index contributed by atoms with van der Waals surface area (Å²) in [5.41, 5.74) is 0.713. The number of nitrogens with zero attached hydrogens (tertiary/aromatic N) is 2. The molecule has 0 heterocycles. The smallest absolute Gasteiger partial charge is 0.211 e. The third kappa shape index (κ3) is 1.83. The molecule has 0 aliphatic rings. The molecule has 1 atom stereocenters. The average Bonchev–Trinajstić information content (AvgIpc) is 2.35. The van der Waals surface area contributed by atoms with Crippen LogP contribution in [-0.4, -0.2) is 6.08 Å². The van der Waals surface area contributed by atoms with Crippen LogP contribution in [0.4, 0.5) is 0 Å². The van der Waals surface area contributed by atoms with Crippen molar-refractivity contribution in [1.29, 1.82) is 5.26 Å². The van der Waals surface area contributed by atoms with Crippen molar-refractivity contribution in [1.82, 2.24) is 0 Å². The summed E-state index contributed by atoms with van der Waals surface area (Å²) < 4.78 is 0. The number of carbonyl (C=O) groups excluding carboxylic acids is 1. The van der Waals surface area contributed by atoms with Gasteiger partial charge in [-0.2, -0.15) is 10.3 Å². The Hall–Kier alpha value is -2.43. The molecule has 0 radical (unpaired) electrons. The lowest BCUT2D eigenvalue weighted by Crippen LogP contribution is -1.91. The monoisotopic (exact) mass is 208 g/mol. The fourth-order valence-corrected chi connectivity index (χ4v) is 1.61. The van der Waals surface area contributed by atoms with Crippen LogP contribution in [-0.2, 0) is 4.79 Å². The van der Waals surface area contributed by atoms with E-state index in [1.807, 2.05) is 42.5 Å². The first-order valence-electron chi connectivity index (χ1n) is 4.80. The standard InChI is InChI=1S/C13H8N2O/c14-8-13(15-9-16)12-6-5-10-3-1-2-4-11(10)7-12/h1-7,13H. The largest absolute Gasteiger partial charge is 0.236 e. The summed E-state index contributed by atoms with van der Waals surface area (Å²) in [6.07, 6.45) is 1.42.